The van der Waals surface area contributed by atoms with E-state index in [9.17, 15) is 14.4 Å². The Morgan fingerprint density at radius 3 is 2.29 bits per heavy atom. The maximum atomic E-state index is 14.0. The zero-order valence-electron chi connectivity index (χ0n) is 27.7. The van der Waals surface area contributed by atoms with Crippen LogP contribution in [0.4, 0.5) is 0 Å². The molecule has 3 unspecified atom stereocenters. The van der Waals surface area contributed by atoms with Gasteiger partial charge in [-0.05, 0) is 110 Å². The van der Waals surface area contributed by atoms with Crippen molar-refractivity contribution < 1.29 is 24.2 Å². The quantitative estimate of drug-likeness (QED) is 0.190. The summed E-state index contributed by atoms with van der Waals surface area (Å²) in [5.41, 5.74) is 1.68. The van der Waals surface area contributed by atoms with E-state index in [2.05, 4.69) is 59.9 Å². The molecular formula is C36H57NO5. The first-order valence-electron chi connectivity index (χ1n) is 16.8. The number of carbonyl (C=O) groups excluding carboxylic acids is 2. The van der Waals surface area contributed by atoms with Gasteiger partial charge in [0.1, 0.15) is 6.10 Å². The summed E-state index contributed by atoms with van der Waals surface area (Å²) in [7, 11) is 0. The second-order valence-corrected chi connectivity index (χ2v) is 17.1. The predicted octanol–water partition coefficient (Wildman–Crippen LogP) is 7.70. The van der Waals surface area contributed by atoms with Crippen molar-refractivity contribution in [1.82, 2.24) is 5.32 Å². The Morgan fingerprint density at radius 1 is 0.929 bits per heavy atom. The van der Waals surface area contributed by atoms with Crippen molar-refractivity contribution in [2.45, 2.75) is 139 Å². The van der Waals surface area contributed by atoms with Crippen molar-refractivity contribution in [3.05, 3.63) is 11.6 Å². The van der Waals surface area contributed by atoms with Crippen LogP contribution < -0.4 is 5.32 Å². The fourth-order valence-electron chi connectivity index (χ4n) is 11.7. The topological polar surface area (TPSA) is 92.7 Å². The molecule has 1 amide bonds. The molecule has 236 valence electrons. The second-order valence-electron chi connectivity index (χ2n) is 17.1. The third-order valence-corrected chi connectivity index (χ3v) is 14.2. The number of nitrogens with one attached hydrogen (secondary N) is 1. The molecular weight excluding hydrogens is 526 g/mol. The van der Waals surface area contributed by atoms with Crippen LogP contribution in [0.15, 0.2) is 11.6 Å². The van der Waals surface area contributed by atoms with E-state index in [-0.39, 0.29) is 57.4 Å². The minimum absolute atomic E-state index is 0.0171. The molecule has 0 spiro atoms. The van der Waals surface area contributed by atoms with Gasteiger partial charge in [0, 0.05) is 25.3 Å². The molecule has 4 fully saturated rings. The van der Waals surface area contributed by atoms with Crippen molar-refractivity contribution in [2.24, 2.45) is 50.2 Å². The number of aliphatic carboxylic acids is 1. The lowest BCUT2D eigenvalue weighted by atomic mass is 9.33. The Balaban J connectivity index is 1.48. The first-order chi connectivity index (χ1) is 19.4. The van der Waals surface area contributed by atoms with Crippen LogP contribution in [-0.2, 0) is 19.1 Å². The Hall–Kier alpha value is -1.85. The number of carboxylic acids is 1. The number of hydrogen-bond donors (Lipinski definition) is 2. The Morgan fingerprint density at radius 2 is 1.62 bits per heavy atom. The average molecular weight is 584 g/mol. The molecule has 0 aromatic carbocycles. The molecule has 0 bridgehead atoms. The maximum Gasteiger partial charge on any atom is 0.303 e. The third kappa shape index (κ3) is 4.67. The molecule has 8 atom stereocenters. The Bertz CT molecular complexity index is 1160. The van der Waals surface area contributed by atoms with Gasteiger partial charge < -0.3 is 15.2 Å². The molecule has 0 saturated heterocycles. The lowest BCUT2D eigenvalue weighted by molar-refractivity contribution is -0.212. The highest BCUT2D eigenvalue weighted by atomic mass is 16.5. The minimum atomic E-state index is -0.810. The first kappa shape index (κ1) is 31.6. The number of esters is 1. The maximum absolute atomic E-state index is 14.0. The Labute approximate surface area is 254 Å². The van der Waals surface area contributed by atoms with E-state index >= 15 is 0 Å². The highest BCUT2D eigenvalue weighted by molar-refractivity contribution is 5.84. The standard InChI is InChI=1S/C36H57NO5/c1-23(38)42-28-14-15-33(6)26(32(28,4)5)13-16-35(8)27(33)12-11-24-25-22-31(2,3)17-19-36(25,20-18-34(24,35)7)30(41)37-21-9-10-29(39)40/h11,25-28H,9-10,12-22H2,1-8H3,(H,37,41)(H,39,40)/t25?,26?,27?,28-,33-,34+,35+,36-/m0/s1. The third-order valence-electron chi connectivity index (χ3n) is 14.2. The van der Waals surface area contributed by atoms with Gasteiger partial charge in [-0.25, -0.2) is 0 Å². The molecule has 5 aliphatic carbocycles. The van der Waals surface area contributed by atoms with Crippen molar-refractivity contribution in [2.75, 3.05) is 6.54 Å². The zero-order chi connectivity index (χ0) is 30.9. The summed E-state index contributed by atoms with van der Waals surface area (Å²) in [5.74, 6) is 0.484. The normalized spacial score (nSPS) is 43.4. The van der Waals surface area contributed by atoms with Crippen LogP contribution in [0.1, 0.15) is 132 Å². The SMILES string of the molecule is CC(=O)O[C@H]1CC[C@@]2(C)C(CC[C@]3(C)C2CC=C2C4CC(C)(C)CC[C@]4(C(=O)NCCCC(=O)O)CC[C@]23C)C1(C)C. The first-order valence-corrected chi connectivity index (χ1v) is 16.8. The highest BCUT2D eigenvalue weighted by Crippen LogP contribution is 2.75. The van der Waals surface area contributed by atoms with Gasteiger partial charge in [-0.15, -0.1) is 0 Å². The van der Waals surface area contributed by atoms with E-state index < -0.39 is 11.4 Å². The smallest absolute Gasteiger partial charge is 0.303 e. The summed E-state index contributed by atoms with van der Waals surface area (Å²) in [6, 6.07) is 0. The summed E-state index contributed by atoms with van der Waals surface area (Å²) in [4.78, 5) is 37.1. The van der Waals surface area contributed by atoms with Crippen LogP contribution >= 0.6 is 0 Å². The summed E-state index contributed by atoms with van der Waals surface area (Å²) >= 11 is 0. The minimum Gasteiger partial charge on any atom is -0.481 e. The Kier molecular flexibility index (Phi) is 7.79. The molecule has 0 aromatic heterocycles. The molecule has 6 nitrogen and oxygen atoms in total. The van der Waals surface area contributed by atoms with Gasteiger partial charge in [0.05, 0.1) is 5.41 Å². The van der Waals surface area contributed by atoms with E-state index in [1.54, 1.807) is 12.5 Å². The highest BCUT2D eigenvalue weighted by Gasteiger charge is 2.69. The van der Waals surface area contributed by atoms with Gasteiger partial charge in [-0.1, -0.05) is 60.1 Å². The molecule has 6 heteroatoms. The molecule has 0 aromatic rings. The largest absolute Gasteiger partial charge is 0.481 e. The summed E-state index contributed by atoms with van der Waals surface area (Å²) in [6.07, 6.45) is 13.5. The number of ether oxygens (including phenoxy) is 1. The zero-order valence-corrected chi connectivity index (χ0v) is 27.7. The fraction of sp³-hybridized carbons (Fsp3) is 0.861. The van der Waals surface area contributed by atoms with Crippen molar-refractivity contribution in [3.63, 3.8) is 0 Å². The lowest BCUT2D eigenvalue weighted by Gasteiger charge is -2.71. The van der Waals surface area contributed by atoms with Crippen LogP contribution in [0, 0.1) is 50.2 Å². The van der Waals surface area contributed by atoms with Crippen molar-refractivity contribution >= 4 is 17.8 Å². The van der Waals surface area contributed by atoms with Crippen molar-refractivity contribution in [3.8, 4) is 0 Å². The van der Waals surface area contributed by atoms with E-state index in [1.165, 1.54) is 6.42 Å². The molecule has 5 aliphatic rings. The number of carbonyl (C=O) groups is 3. The molecule has 0 heterocycles. The van der Waals surface area contributed by atoms with Gasteiger partial charge in [0.2, 0.25) is 5.91 Å². The molecule has 0 radical (unpaired) electrons. The molecule has 0 aliphatic heterocycles. The molecule has 5 rings (SSSR count). The lowest BCUT2D eigenvalue weighted by Crippen LogP contribution is -2.65. The van der Waals surface area contributed by atoms with Gasteiger partial charge in [0.25, 0.3) is 0 Å². The predicted molar refractivity (Wildman–Crippen MR) is 164 cm³/mol. The van der Waals surface area contributed by atoms with E-state index in [1.807, 2.05) is 0 Å². The number of carboxylic acid groups (broad SMARTS) is 1. The van der Waals surface area contributed by atoms with Crippen LogP contribution in [-0.4, -0.2) is 35.6 Å². The van der Waals surface area contributed by atoms with Crippen LogP contribution in [0.3, 0.4) is 0 Å². The van der Waals surface area contributed by atoms with Crippen LogP contribution in [0.2, 0.25) is 0 Å². The fourth-order valence-corrected chi connectivity index (χ4v) is 11.7. The molecule has 4 saturated carbocycles. The van der Waals surface area contributed by atoms with E-state index in [0.717, 1.165) is 57.8 Å². The van der Waals surface area contributed by atoms with Gasteiger partial charge >= 0.3 is 11.9 Å². The monoisotopic (exact) mass is 583 g/mol. The van der Waals surface area contributed by atoms with E-state index in [4.69, 9.17) is 9.84 Å². The second kappa shape index (κ2) is 10.4. The van der Waals surface area contributed by atoms with Crippen LogP contribution in [0.5, 0.6) is 0 Å². The molecule has 2 N–H and O–H groups in total. The summed E-state index contributed by atoms with van der Waals surface area (Å²) < 4.78 is 5.91. The van der Waals surface area contributed by atoms with Crippen molar-refractivity contribution in [1.29, 1.82) is 0 Å². The summed E-state index contributed by atoms with van der Waals surface area (Å²) in [5, 5.41) is 12.3. The number of amides is 1. The summed E-state index contributed by atoms with van der Waals surface area (Å²) in [6.45, 7) is 19.1. The molecule has 42 heavy (non-hydrogen) atoms. The number of fused-ring (bicyclic) bond motifs is 7. The van der Waals surface area contributed by atoms with Gasteiger partial charge in [0.15, 0.2) is 0 Å². The number of allylic oxidation sites excluding steroid dienone is 2. The average Bonchev–Trinajstić information content (AvgIpc) is 2.88. The van der Waals surface area contributed by atoms with Gasteiger partial charge in [-0.3, -0.25) is 14.4 Å². The van der Waals surface area contributed by atoms with Gasteiger partial charge in [-0.2, -0.15) is 0 Å². The van der Waals surface area contributed by atoms with E-state index in [0.29, 0.717) is 24.8 Å². The van der Waals surface area contributed by atoms with Crippen LogP contribution in [0.25, 0.3) is 0 Å². The number of rotatable bonds is 6. The number of hydrogen-bond acceptors (Lipinski definition) is 4.